The highest BCUT2D eigenvalue weighted by Crippen LogP contribution is 2.06. The first kappa shape index (κ1) is 5.26. The van der Waals surface area contributed by atoms with Gasteiger partial charge in [0, 0.05) is 6.54 Å². The highest BCUT2D eigenvalue weighted by atomic mass is 15.4. The molecule has 0 saturated carbocycles. The van der Waals surface area contributed by atoms with Crippen molar-refractivity contribution in [3.05, 3.63) is 0 Å². The second kappa shape index (κ2) is 2.43. The molecule has 0 aromatic carbocycles. The van der Waals surface area contributed by atoms with Crippen LogP contribution < -0.4 is 5.32 Å². The van der Waals surface area contributed by atoms with Gasteiger partial charge in [-0.25, -0.2) is 0 Å². The molecule has 0 bridgehead atoms. The molecule has 0 aliphatic carbocycles. The lowest BCUT2D eigenvalue weighted by atomic mass is 10.5. The van der Waals surface area contributed by atoms with E-state index in [0.29, 0.717) is 6.54 Å². The minimum Gasteiger partial charge on any atom is -0.302 e. The molecular formula is C5H7N3. The first-order valence-corrected chi connectivity index (χ1v) is 2.47. The molecule has 0 radical (unpaired) electrons. The lowest BCUT2D eigenvalue weighted by Crippen LogP contribution is -2.19. The van der Waals surface area contributed by atoms with Crippen LogP contribution in [0.3, 0.4) is 0 Å². The van der Waals surface area contributed by atoms with Crippen molar-refractivity contribution in [1.29, 1.82) is 0 Å². The maximum absolute atomic E-state index is 4.96. The van der Waals surface area contributed by atoms with Gasteiger partial charge in [0.1, 0.15) is 0 Å². The highest BCUT2D eigenvalue weighted by molar-refractivity contribution is 4.87. The van der Waals surface area contributed by atoms with Gasteiger partial charge >= 0.3 is 0 Å². The molecule has 1 rings (SSSR count). The molecule has 1 aliphatic rings. The predicted octanol–water partition coefficient (Wildman–Crippen LogP) is 0.00110. The van der Waals surface area contributed by atoms with Gasteiger partial charge in [-0.15, -0.1) is 6.42 Å². The van der Waals surface area contributed by atoms with Crippen molar-refractivity contribution in [2.24, 2.45) is 10.2 Å². The third-order valence-corrected chi connectivity index (χ3v) is 0.833. The summed E-state index contributed by atoms with van der Waals surface area (Å²) in [5.41, 5.74) is 0. The lowest BCUT2D eigenvalue weighted by molar-refractivity contribution is 0.730. The summed E-state index contributed by atoms with van der Waals surface area (Å²) in [5, 5.41) is 10.3. The second-order valence-corrected chi connectivity index (χ2v) is 1.55. The molecule has 8 heavy (non-hydrogen) atoms. The molecule has 0 aromatic rings. The monoisotopic (exact) mass is 109 g/mol. The van der Waals surface area contributed by atoms with Gasteiger partial charge in [0.2, 0.25) is 0 Å². The van der Waals surface area contributed by atoms with E-state index < -0.39 is 0 Å². The fourth-order valence-corrected chi connectivity index (χ4v) is 0.402. The zero-order valence-corrected chi connectivity index (χ0v) is 4.46. The molecule has 0 atom stereocenters. The van der Waals surface area contributed by atoms with E-state index in [2.05, 4.69) is 21.5 Å². The van der Waals surface area contributed by atoms with Crippen LogP contribution in [0, 0.1) is 12.3 Å². The fourth-order valence-electron chi connectivity index (χ4n) is 0.402. The van der Waals surface area contributed by atoms with Gasteiger partial charge in [0.25, 0.3) is 0 Å². The van der Waals surface area contributed by atoms with Gasteiger partial charge in [0.15, 0.2) is 6.17 Å². The minimum absolute atomic E-state index is 0.198. The molecule has 0 amide bonds. The van der Waals surface area contributed by atoms with E-state index in [9.17, 15) is 0 Å². The van der Waals surface area contributed by atoms with Crippen molar-refractivity contribution in [3.63, 3.8) is 0 Å². The van der Waals surface area contributed by atoms with Gasteiger partial charge in [-0.3, -0.25) is 0 Å². The van der Waals surface area contributed by atoms with Crippen LogP contribution in [0.4, 0.5) is 0 Å². The first-order valence-electron chi connectivity index (χ1n) is 2.47. The van der Waals surface area contributed by atoms with Crippen molar-refractivity contribution < 1.29 is 0 Å². The number of hydrogen-bond donors (Lipinski definition) is 1. The van der Waals surface area contributed by atoms with Crippen LogP contribution in [0.2, 0.25) is 0 Å². The Bertz CT molecular complexity index is 127. The second-order valence-electron chi connectivity index (χ2n) is 1.55. The Morgan fingerprint density at radius 2 is 2.38 bits per heavy atom. The molecule has 1 N–H and O–H groups in total. The molecule has 3 heteroatoms. The molecule has 0 saturated heterocycles. The van der Waals surface area contributed by atoms with Gasteiger partial charge in [-0.2, -0.15) is 10.2 Å². The first-order chi connectivity index (χ1) is 3.93. The van der Waals surface area contributed by atoms with E-state index in [1.54, 1.807) is 0 Å². The Balaban J connectivity index is 1.83. The number of terminal acetylenes is 1. The molecular weight excluding hydrogens is 102 g/mol. The molecule has 0 spiro atoms. The van der Waals surface area contributed by atoms with E-state index in [1.165, 1.54) is 0 Å². The van der Waals surface area contributed by atoms with Crippen LogP contribution in [0.1, 0.15) is 0 Å². The average molecular weight is 109 g/mol. The van der Waals surface area contributed by atoms with E-state index >= 15 is 0 Å². The summed E-state index contributed by atoms with van der Waals surface area (Å²) in [5.74, 6) is 2.46. The summed E-state index contributed by atoms with van der Waals surface area (Å²) in [6, 6.07) is 0. The maximum atomic E-state index is 4.96. The molecule has 0 aromatic heterocycles. The van der Waals surface area contributed by atoms with Crippen molar-refractivity contribution in [2.75, 3.05) is 13.1 Å². The third-order valence-electron chi connectivity index (χ3n) is 0.833. The van der Waals surface area contributed by atoms with Gasteiger partial charge in [0.05, 0.1) is 6.54 Å². The normalized spacial score (nSPS) is 15.9. The Hall–Kier alpha value is -0.880. The van der Waals surface area contributed by atoms with Gasteiger partial charge in [-0.05, 0) is 0 Å². The molecule has 42 valence electrons. The Morgan fingerprint density at radius 3 is 2.88 bits per heavy atom. The topological polar surface area (TPSA) is 36.8 Å². The molecule has 1 aliphatic heterocycles. The number of rotatable bonds is 3. The smallest absolute Gasteiger partial charge is 0.193 e. The number of nitrogens with zero attached hydrogens (tertiary/aromatic N) is 2. The minimum atomic E-state index is 0.198. The zero-order valence-electron chi connectivity index (χ0n) is 4.46. The maximum Gasteiger partial charge on any atom is 0.193 e. The van der Waals surface area contributed by atoms with Crippen molar-refractivity contribution in [2.45, 2.75) is 6.17 Å². The van der Waals surface area contributed by atoms with Crippen molar-refractivity contribution in [1.82, 2.24) is 5.32 Å². The fraction of sp³-hybridized carbons (Fsp3) is 0.600. The molecule has 0 unspecified atom stereocenters. The van der Waals surface area contributed by atoms with E-state index in [4.69, 9.17) is 6.42 Å². The standard InChI is InChI=1S/C5H7N3/c1-2-3-6-4-5-7-8-5/h1,5-6H,3-4H2. The van der Waals surface area contributed by atoms with Crippen LogP contribution in [0.25, 0.3) is 0 Å². The van der Waals surface area contributed by atoms with Crippen LogP contribution in [-0.4, -0.2) is 19.3 Å². The summed E-state index contributed by atoms with van der Waals surface area (Å²) in [4.78, 5) is 0. The Morgan fingerprint density at radius 1 is 1.62 bits per heavy atom. The van der Waals surface area contributed by atoms with Gasteiger partial charge < -0.3 is 5.32 Å². The van der Waals surface area contributed by atoms with Gasteiger partial charge in [-0.1, -0.05) is 5.92 Å². The van der Waals surface area contributed by atoms with E-state index in [1.807, 2.05) is 0 Å². The Labute approximate surface area is 48.2 Å². The van der Waals surface area contributed by atoms with Crippen LogP contribution in [0.5, 0.6) is 0 Å². The summed E-state index contributed by atoms with van der Waals surface area (Å²) >= 11 is 0. The van der Waals surface area contributed by atoms with Crippen LogP contribution in [-0.2, 0) is 0 Å². The summed E-state index contributed by atoms with van der Waals surface area (Å²) < 4.78 is 0. The summed E-state index contributed by atoms with van der Waals surface area (Å²) in [6.45, 7) is 1.41. The zero-order chi connectivity index (χ0) is 5.82. The molecule has 1 heterocycles. The number of nitrogens with one attached hydrogen (secondary N) is 1. The predicted molar refractivity (Wildman–Crippen MR) is 30.3 cm³/mol. The average Bonchev–Trinajstić information content (AvgIpc) is 2.51. The van der Waals surface area contributed by atoms with Crippen LogP contribution in [0.15, 0.2) is 10.2 Å². The molecule has 0 fully saturated rings. The van der Waals surface area contributed by atoms with E-state index in [0.717, 1.165) is 6.54 Å². The highest BCUT2D eigenvalue weighted by Gasteiger charge is 2.12. The molecule has 3 nitrogen and oxygen atoms in total. The van der Waals surface area contributed by atoms with Crippen molar-refractivity contribution >= 4 is 0 Å². The Kier molecular flexibility index (Phi) is 1.60. The van der Waals surface area contributed by atoms with E-state index in [-0.39, 0.29) is 6.17 Å². The summed E-state index contributed by atoms with van der Waals surface area (Å²) in [7, 11) is 0. The van der Waals surface area contributed by atoms with Crippen LogP contribution >= 0.6 is 0 Å². The quantitative estimate of drug-likeness (QED) is 0.402. The van der Waals surface area contributed by atoms with Crippen molar-refractivity contribution in [3.8, 4) is 12.3 Å². The lowest BCUT2D eigenvalue weighted by Gasteiger charge is -1.90. The largest absolute Gasteiger partial charge is 0.302 e. The number of hydrogen-bond acceptors (Lipinski definition) is 3. The SMILES string of the molecule is C#CCNCC1N=N1. The third kappa shape index (κ3) is 1.71. The summed E-state index contributed by atoms with van der Waals surface area (Å²) in [6.07, 6.45) is 5.16.